The quantitative estimate of drug-likeness (QED) is 0.706. The fourth-order valence-corrected chi connectivity index (χ4v) is 2.72. The van der Waals surface area contributed by atoms with Crippen LogP contribution in [0.2, 0.25) is 15.3 Å². The molecule has 0 unspecified atom stereocenters. The lowest BCUT2D eigenvalue weighted by Crippen LogP contribution is -2.22. The van der Waals surface area contributed by atoms with E-state index in [0.717, 1.165) is 0 Å². The number of aromatic nitrogens is 4. The van der Waals surface area contributed by atoms with E-state index in [1.165, 1.54) is 10.8 Å². The molecule has 2 aromatic heterocycles. The molecule has 0 bridgehead atoms. The topological polar surface area (TPSA) is 94.0 Å². The smallest absolute Gasteiger partial charge is 0.288 e. The van der Waals surface area contributed by atoms with Gasteiger partial charge in [-0.1, -0.05) is 52.1 Å². The van der Waals surface area contributed by atoms with Gasteiger partial charge in [-0.2, -0.15) is 4.98 Å². The molecule has 0 aliphatic carbocycles. The van der Waals surface area contributed by atoms with Gasteiger partial charge < -0.3 is 14.2 Å². The van der Waals surface area contributed by atoms with Crippen LogP contribution in [0.15, 0.2) is 39.8 Å². The minimum absolute atomic E-state index is 0.00909. The number of nitrogens with zero attached hydrogens (tertiary/aromatic N) is 4. The second kappa shape index (κ2) is 7.53. The maximum atomic E-state index is 11.9. The number of hydrogen-bond donors (Lipinski definition) is 1. The van der Waals surface area contributed by atoms with Crippen LogP contribution >= 0.6 is 34.8 Å². The molecule has 3 aromatic rings. The van der Waals surface area contributed by atoms with Gasteiger partial charge in [-0.15, -0.1) is 0 Å². The first-order valence-corrected chi connectivity index (χ1v) is 8.23. The third kappa shape index (κ3) is 4.38. The van der Waals surface area contributed by atoms with Gasteiger partial charge >= 0.3 is 0 Å². The molecular formula is C15H11Cl3N4O3. The summed E-state index contributed by atoms with van der Waals surface area (Å²) in [4.78, 5) is 19.7. The Balaban J connectivity index is 1.72. The van der Waals surface area contributed by atoms with E-state index in [0.29, 0.717) is 16.4 Å². The molecule has 0 spiro atoms. The van der Waals surface area contributed by atoms with Crippen LogP contribution in [0.4, 0.5) is 0 Å². The van der Waals surface area contributed by atoms with Gasteiger partial charge in [0, 0.05) is 17.6 Å². The van der Waals surface area contributed by atoms with E-state index >= 15 is 0 Å². The molecule has 1 atom stereocenters. The molecule has 0 amide bonds. The van der Waals surface area contributed by atoms with Gasteiger partial charge in [0.1, 0.15) is 11.7 Å². The second-order valence-electron chi connectivity index (χ2n) is 5.16. The Bertz CT molecular complexity index is 940. The highest BCUT2D eigenvalue weighted by Gasteiger charge is 2.15. The molecule has 0 aliphatic rings. The Morgan fingerprint density at radius 2 is 1.88 bits per heavy atom. The fraction of sp³-hybridized carbons (Fsp3) is 0.200. The minimum Gasteiger partial charge on any atom is -0.388 e. The standard InChI is InChI=1S/C15H11Cl3N4O3/c16-9-3-1-8(2-4-9)10(23)5-12-20-13(25-21-12)7-22-6-11(17)19-14(18)15(22)24/h1-4,6,10,23H,5,7H2/t10-/m0/s1. The Kier molecular flexibility index (Phi) is 5.39. The van der Waals surface area contributed by atoms with Crippen LogP contribution in [0.25, 0.3) is 0 Å². The largest absolute Gasteiger partial charge is 0.388 e. The molecule has 0 aliphatic heterocycles. The van der Waals surface area contributed by atoms with Crippen LogP contribution in [0.3, 0.4) is 0 Å². The van der Waals surface area contributed by atoms with Crippen LogP contribution in [0.1, 0.15) is 23.4 Å². The van der Waals surface area contributed by atoms with Gasteiger partial charge in [0.15, 0.2) is 11.0 Å². The van der Waals surface area contributed by atoms with Crippen LogP contribution in [0, 0.1) is 0 Å². The summed E-state index contributed by atoms with van der Waals surface area (Å²) in [6.07, 6.45) is 0.662. The predicted octanol–water partition coefficient (Wildman–Crippen LogP) is 2.91. The zero-order valence-electron chi connectivity index (χ0n) is 12.6. The van der Waals surface area contributed by atoms with E-state index in [4.69, 9.17) is 39.3 Å². The Morgan fingerprint density at radius 1 is 1.16 bits per heavy atom. The van der Waals surface area contributed by atoms with Crippen molar-refractivity contribution in [1.82, 2.24) is 19.7 Å². The monoisotopic (exact) mass is 400 g/mol. The predicted molar refractivity (Wildman–Crippen MR) is 92.0 cm³/mol. The highest BCUT2D eigenvalue weighted by atomic mass is 35.5. The Hall–Kier alpha value is -1.93. The number of benzene rings is 1. The SMILES string of the molecule is O=c1c(Cl)nc(Cl)cn1Cc1nc(C[C@H](O)c2ccc(Cl)cc2)no1. The molecule has 1 N–H and O–H groups in total. The highest BCUT2D eigenvalue weighted by Crippen LogP contribution is 2.19. The lowest BCUT2D eigenvalue weighted by Gasteiger charge is -2.08. The van der Waals surface area contributed by atoms with Crippen molar-refractivity contribution >= 4 is 34.8 Å². The molecule has 3 rings (SSSR count). The number of aliphatic hydroxyl groups is 1. The Labute approximate surface area is 156 Å². The number of rotatable bonds is 5. The van der Waals surface area contributed by atoms with Crippen LogP contribution in [-0.2, 0) is 13.0 Å². The van der Waals surface area contributed by atoms with Crippen molar-refractivity contribution in [2.45, 2.75) is 19.1 Å². The minimum atomic E-state index is -0.810. The first-order chi connectivity index (χ1) is 11.9. The summed E-state index contributed by atoms with van der Waals surface area (Å²) in [5.41, 5.74) is 0.159. The van der Waals surface area contributed by atoms with E-state index in [1.807, 2.05) is 0 Å². The molecule has 0 radical (unpaired) electrons. The summed E-state index contributed by atoms with van der Waals surface area (Å²) in [5.74, 6) is 0.482. The van der Waals surface area contributed by atoms with Crippen LogP contribution < -0.4 is 5.56 Å². The maximum absolute atomic E-state index is 11.9. The molecule has 7 nitrogen and oxygen atoms in total. The van der Waals surface area contributed by atoms with Gasteiger partial charge in [-0.05, 0) is 17.7 Å². The van der Waals surface area contributed by atoms with Crippen molar-refractivity contribution in [3.05, 3.63) is 73.4 Å². The summed E-state index contributed by atoms with van der Waals surface area (Å²) in [5, 5.41) is 14.4. The first kappa shape index (κ1) is 17.9. The van der Waals surface area contributed by atoms with E-state index in [-0.39, 0.29) is 29.2 Å². The van der Waals surface area contributed by atoms with Crippen molar-refractivity contribution < 1.29 is 9.63 Å². The van der Waals surface area contributed by atoms with Gasteiger partial charge in [-0.3, -0.25) is 4.79 Å². The summed E-state index contributed by atoms with van der Waals surface area (Å²) in [6.45, 7) is -0.00909. The second-order valence-corrected chi connectivity index (χ2v) is 6.35. The summed E-state index contributed by atoms with van der Waals surface area (Å²) in [7, 11) is 0. The van der Waals surface area contributed by atoms with E-state index in [1.54, 1.807) is 24.3 Å². The molecule has 0 fully saturated rings. The lowest BCUT2D eigenvalue weighted by atomic mass is 10.1. The maximum Gasteiger partial charge on any atom is 0.288 e. The molecular weight excluding hydrogens is 391 g/mol. The highest BCUT2D eigenvalue weighted by molar-refractivity contribution is 6.32. The van der Waals surface area contributed by atoms with E-state index in [9.17, 15) is 9.90 Å². The average molecular weight is 402 g/mol. The summed E-state index contributed by atoms with van der Waals surface area (Å²) >= 11 is 17.3. The number of aliphatic hydroxyl groups excluding tert-OH is 1. The van der Waals surface area contributed by atoms with Gasteiger partial charge in [0.05, 0.1) is 6.10 Å². The van der Waals surface area contributed by atoms with Crippen molar-refractivity contribution in [3.8, 4) is 0 Å². The molecule has 1 aromatic carbocycles. The fourth-order valence-electron chi connectivity index (χ4n) is 2.15. The van der Waals surface area contributed by atoms with Gasteiger partial charge in [-0.25, -0.2) is 4.98 Å². The van der Waals surface area contributed by atoms with Crippen LogP contribution in [-0.4, -0.2) is 24.8 Å². The molecule has 130 valence electrons. The van der Waals surface area contributed by atoms with E-state index in [2.05, 4.69) is 15.1 Å². The number of hydrogen-bond acceptors (Lipinski definition) is 6. The third-order valence-corrected chi connectivity index (χ3v) is 4.03. The molecule has 25 heavy (non-hydrogen) atoms. The number of halogens is 3. The lowest BCUT2D eigenvalue weighted by molar-refractivity contribution is 0.174. The van der Waals surface area contributed by atoms with Gasteiger partial charge in [0.2, 0.25) is 5.89 Å². The Morgan fingerprint density at radius 3 is 2.60 bits per heavy atom. The van der Waals surface area contributed by atoms with E-state index < -0.39 is 11.7 Å². The average Bonchev–Trinajstić information content (AvgIpc) is 2.99. The van der Waals surface area contributed by atoms with Crippen molar-refractivity contribution in [3.63, 3.8) is 0 Å². The molecule has 2 heterocycles. The van der Waals surface area contributed by atoms with Crippen molar-refractivity contribution in [2.24, 2.45) is 0 Å². The van der Waals surface area contributed by atoms with Gasteiger partial charge in [0.25, 0.3) is 5.56 Å². The van der Waals surface area contributed by atoms with Crippen molar-refractivity contribution in [1.29, 1.82) is 0 Å². The summed E-state index contributed by atoms with van der Waals surface area (Å²) in [6, 6.07) is 6.80. The molecule has 10 heteroatoms. The van der Waals surface area contributed by atoms with Crippen LogP contribution in [0.5, 0.6) is 0 Å². The molecule has 0 saturated heterocycles. The van der Waals surface area contributed by atoms with Crippen molar-refractivity contribution in [2.75, 3.05) is 0 Å². The summed E-state index contributed by atoms with van der Waals surface area (Å²) < 4.78 is 6.31. The first-order valence-electron chi connectivity index (χ1n) is 7.10. The molecule has 0 saturated carbocycles. The third-order valence-electron chi connectivity index (χ3n) is 3.35. The zero-order chi connectivity index (χ0) is 18.0. The zero-order valence-corrected chi connectivity index (χ0v) is 14.8. The normalized spacial score (nSPS) is 12.3.